The molecular formula is C29H32N2O5. The van der Waals surface area contributed by atoms with E-state index in [4.69, 9.17) is 14.2 Å². The second kappa shape index (κ2) is 12.1. The highest BCUT2D eigenvalue weighted by Crippen LogP contribution is 2.32. The molecule has 1 aliphatic heterocycles. The molecule has 0 bridgehead atoms. The Balaban J connectivity index is 1.91. The van der Waals surface area contributed by atoms with Crippen molar-refractivity contribution in [2.45, 2.75) is 34.1 Å². The summed E-state index contributed by atoms with van der Waals surface area (Å²) in [5, 5.41) is 9.67. The first-order valence-electron chi connectivity index (χ1n) is 12.0. The van der Waals surface area contributed by atoms with Gasteiger partial charge in [0.2, 0.25) is 0 Å². The quantitative estimate of drug-likeness (QED) is 0.347. The smallest absolute Gasteiger partial charge is 0.271 e. The van der Waals surface area contributed by atoms with E-state index in [1.807, 2.05) is 49.4 Å². The van der Waals surface area contributed by atoms with E-state index >= 15 is 0 Å². The molecule has 0 N–H and O–H groups in total. The van der Waals surface area contributed by atoms with Gasteiger partial charge in [0.05, 0.1) is 20.3 Å². The number of methoxy groups -OCH3 is 1. The fourth-order valence-electron chi connectivity index (χ4n) is 3.79. The molecule has 0 radical (unpaired) electrons. The monoisotopic (exact) mass is 488 g/mol. The van der Waals surface area contributed by atoms with Crippen molar-refractivity contribution in [3.63, 3.8) is 0 Å². The second-order valence-electron chi connectivity index (χ2n) is 8.87. The molecule has 1 aliphatic rings. The maximum absolute atomic E-state index is 13.4. The summed E-state index contributed by atoms with van der Waals surface area (Å²) in [7, 11) is 1.59. The van der Waals surface area contributed by atoms with Gasteiger partial charge in [0.1, 0.15) is 17.4 Å². The van der Waals surface area contributed by atoms with Gasteiger partial charge in [0, 0.05) is 12.1 Å². The van der Waals surface area contributed by atoms with Crippen LogP contribution in [0, 0.1) is 17.2 Å². The van der Waals surface area contributed by atoms with Crippen molar-refractivity contribution in [3.8, 4) is 23.3 Å². The molecule has 3 rings (SSSR count). The first kappa shape index (κ1) is 26.6. The van der Waals surface area contributed by atoms with Crippen LogP contribution in [-0.4, -0.2) is 43.6 Å². The van der Waals surface area contributed by atoms with Crippen molar-refractivity contribution in [2.24, 2.45) is 5.92 Å². The van der Waals surface area contributed by atoms with Gasteiger partial charge >= 0.3 is 0 Å². The summed E-state index contributed by atoms with van der Waals surface area (Å²) in [6.07, 6.45) is 2.15. The van der Waals surface area contributed by atoms with Crippen molar-refractivity contribution in [3.05, 3.63) is 70.3 Å². The molecule has 2 aromatic carbocycles. The first-order chi connectivity index (χ1) is 17.3. The van der Waals surface area contributed by atoms with E-state index in [-0.39, 0.29) is 12.1 Å². The molecule has 36 heavy (non-hydrogen) atoms. The third-order valence-electron chi connectivity index (χ3n) is 5.76. The summed E-state index contributed by atoms with van der Waals surface area (Å²) in [6, 6.07) is 14.9. The Bertz CT molecular complexity index is 1220. The van der Waals surface area contributed by atoms with Gasteiger partial charge in [0.25, 0.3) is 11.8 Å². The minimum absolute atomic E-state index is 0.0301. The number of rotatable bonds is 10. The molecule has 1 heterocycles. The molecule has 2 amide bonds. The Kier molecular flexibility index (Phi) is 8.91. The average molecular weight is 489 g/mol. The number of nitriles is 1. The Labute approximate surface area is 212 Å². The zero-order valence-corrected chi connectivity index (χ0v) is 21.5. The molecule has 0 fully saturated rings. The topological polar surface area (TPSA) is 88.9 Å². The Morgan fingerprint density at radius 1 is 1.03 bits per heavy atom. The molecule has 7 nitrogen and oxygen atoms in total. The van der Waals surface area contributed by atoms with Crippen LogP contribution in [0.1, 0.15) is 38.8 Å². The third-order valence-corrected chi connectivity index (χ3v) is 5.76. The van der Waals surface area contributed by atoms with Crippen LogP contribution in [0.4, 0.5) is 0 Å². The highest BCUT2D eigenvalue weighted by Gasteiger charge is 2.35. The van der Waals surface area contributed by atoms with Crippen molar-refractivity contribution in [2.75, 3.05) is 26.9 Å². The summed E-state index contributed by atoms with van der Waals surface area (Å²) in [5.41, 5.74) is 2.30. The zero-order valence-electron chi connectivity index (χ0n) is 21.5. The van der Waals surface area contributed by atoms with Crippen LogP contribution in [0.2, 0.25) is 0 Å². The molecule has 0 aliphatic carbocycles. The van der Waals surface area contributed by atoms with E-state index in [1.165, 1.54) is 0 Å². The standard InChI is InChI=1S/C29H32N2O5/c1-6-35-27-16-22(9-12-26(27)36-18-19(2)3)15-24-20(4)25(17-30)29(33)31(28(24)32)14-13-21-7-10-23(34-5)11-8-21/h7-12,15-16,19H,6,13-14,18H2,1-5H3/b24-15+. The number of nitrogens with zero attached hydrogens (tertiary/aromatic N) is 2. The Morgan fingerprint density at radius 3 is 2.36 bits per heavy atom. The van der Waals surface area contributed by atoms with E-state index in [1.54, 1.807) is 26.2 Å². The lowest BCUT2D eigenvalue weighted by atomic mass is 9.93. The van der Waals surface area contributed by atoms with Crippen LogP contribution in [0.15, 0.2) is 59.2 Å². The fourth-order valence-corrected chi connectivity index (χ4v) is 3.79. The third kappa shape index (κ3) is 6.14. The van der Waals surface area contributed by atoms with Gasteiger partial charge in [-0.15, -0.1) is 0 Å². The molecule has 2 aromatic rings. The first-order valence-corrected chi connectivity index (χ1v) is 12.0. The van der Waals surface area contributed by atoms with E-state index in [9.17, 15) is 14.9 Å². The molecule has 0 aromatic heterocycles. The molecule has 0 saturated heterocycles. The van der Waals surface area contributed by atoms with Gasteiger partial charge in [-0.05, 0) is 73.2 Å². The van der Waals surface area contributed by atoms with Gasteiger partial charge in [-0.1, -0.05) is 32.0 Å². The number of ether oxygens (including phenoxy) is 3. The highest BCUT2D eigenvalue weighted by molar-refractivity contribution is 6.19. The second-order valence-corrected chi connectivity index (χ2v) is 8.87. The van der Waals surface area contributed by atoms with Gasteiger partial charge in [-0.25, -0.2) is 0 Å². The lowest BCUT2D eigenvalue weighted by molar-refractivity contribution is -0.140. The summed E-state index contributed by atoms with van der Waals surface area (Å²) in [5.74, 6) is 1.29. The lowest BCUT2D eigenvalue weighted by Crippen LogP contribution is -2.43. The number of carbonyl (C=O) groups is 2. The largest absolute Gasteiger partial charge is 0.497 e. The molecule has 0 unspecified atom stereocenters. The predicted molar refractivity (Wildman–Crippen MR) is 138 cm³/mol. The van der Waals surface area contributed by atoms with E-state index in [2.05, 4.69) is 13.8 Å². The highest BCUT2D eigenvalue weighted by atomic mass is 16.5. The van der Waals surface area contributed by atoms with Crippen LogP contribution < -0.4 is 14.2 Å². The molecule has 7 heteroatoms. The summed E-state index contributed by atoms with van der Waals surface area (Å²) >= 11 is 0. The van der Waals surface area contributed by atoms with Crippen molar-refractivity contribution < 1.29 is 23.8 Å². The Morgan fingerprint density at radius 2 is 1.75 bits per heavy atom. The number of hydrogen-bond acceptors (Lipinski definition) is 6. The predicted octanol–water partition coefficient (Wildman–Crippen LogP) is 4.96. The van der Waals surface area contributed by atoms with E-state index < -0.39 is 11.8 Å². The van der Waals surface area contributed by atoms with Gasteiger partial charge < -0.3 is 14.2 Å². The van der Waals surface area contributed by atoms with Crippen molar-refractivity contribution in [1.82, 2.24) is 4.90 Å². The maximum atomic E-state index is 13.4. The average Bonchev–Trinajstić information content (AvgIpc) is 2.86. The normalized spacial score (nSPS) is 14.9. The number of carbonyl (C=O) groups excluding carboxylic acids is 2. The Hall–Kier alpha value is -4.05. The lowest BCUT2D eigenvalue weighted by Gasteiger charge is -2.27. The minimum atomic E-state index is -0.571. The molecule has 0 spiro atoms. The van der Waals surface area contributed by atoms with Gasteiger partial charge in [0.15, 0.2) is 11.5 Å². The van der Waals surface area contributed by atoms with Crippen molar-refractivity contribution in [1.29, 1.82) is 5.26 Å². The number of benzene rings is 2. The van der Waals surface area contributed by atoms with Crippen LogP contribution in [0.25, 0.3) is 6.08 Å². The summed E-state index contributed by atoms with van der Waals surface area (Å²) < 4.78 is 16.8. The van der Waals surface area contributed by atoms with E-state index in [0.717, 1.165) is 16.2 Å². The van der Waals surface area contributed by atoms with E-state index in [0.29, 0.717) is 53.8 Å². The summed E-state index contributed by atoms with van der Waals surface area (Å²) in [4.78, 5) is 27.5. The van der Waals surface area contributed by atoms with Crippen molar-refractivity contribution >= 4 is 17.9 Å². The fraction of sp³-hybridized carbons (Fsp3) is 0.345. The molecular weight excluding hydrogens is 456 g/mol. The van der Waals surface area contributed by atoms with Crippen LogP contribution >= 0.6 is 0 Å². The van der Waals surface area contributed by atoms with Gasteiger partial charge in [-0.3, -0.25) is 14.5 Å². The van der Waals surface area contributed by atoms with Crippen LogP contribution in [0.3, 0.4) is 0 Å². The maximum Gasteiger partial charge on any atom is 0.271 e. The molecule has 0 atom stereocenters. The number of amides is 2. The molecule has 188 valence electrons. The van der Waals surface area contributed by atoms with Crippen LogP contribution in [-0.2, 0) is 16.0 Å². The minimum Gasteiger partial charge on any atom is -0.497 e. The summed E-state index contributed by atoms with van der Waals surface area (Å²) in [6.45, 7) is 8.82. The van der Waals surface area contributed by atoms with Gasteiger partial charge in [-0.2, -0.15) is 5.26 Å². The zero-order chi connectivity index (χ0) is 26.2. The van der Waals surface area contributed by atoms with Crippen LogP contribution in [0.5, 0.6) is 17.2 Å². The SMILES string of the molecule is CCOc1cc(/C=C2/C(=O)N(CCc3ccc(OC)cc3)C(=O)C(C#N)=C2C)ccc1OCC(C)C. The molecule has 0 saturated carbocycles. The number of imide groups is 1. The number of hydrogen-bond donors (Lipinski definition) is 0.